The van der Waals surface area contributed by atoms with Gasteiger partial charge in [-0.3, -0.25) is 10.1 Å². The molecule has 0 fully saturated rings. The summed E-state index contributed by atoms with van der Waals surface area (Å²) in [6.07, 6.45) is 0. The Kier molecular flexibility index (Phi) is 6.64. The number of methoxy groups -OCH3 is 1. The summed E-state index contributed by atoms with van der Waals surface area (Å²) in [6, 6.07) is 6.98. The highest BCUT2D eigenvalue weighted by molar-refractivity contribution is 5.94. The molecule has 0 saturated heterocycles. The van der Waals surface area contributed by atoms with E-state index >= 15 is 0 Å². The molecule has 0 saturated carbocycles. The summed E-state index contributed by atoms with van der Waals surface area (Å²) in [7, 11) is 5.53. The van der Waals surface area contributed by atoms with E-state index in [0.717, 1.165) is 11.3 Å². The van der Waals surface area contributed by atoms with Crippen LogP contribution in [-0.2, 0) is 4.79 Å². The number of amides is 3. The first kappa shape index (κ1) is 16.9. The molecule has 21 heavy (non-hydrogen) atoms. The predicted molar refractivity (Wildman–Crippen MR) is 80.0 cm³/mol. The average Bonchev–Trinajstić information content (AvgIpc) is 2.42. The molecule has 1 rings (SSSR count). The number of rotatable bonds is 7. The van der Waals surface area contributed by atoms with Crippen molar-refractivity contribution in [2.45, 2.75) is 6.04 Å². The first-order chi connectivity index (χ1) is 9.93. The van der Waals surface area contributed by atoms with Crippen LogP contribution in [0.3, 0.4) is 0 Å². The third kappa shape index (κ3) is 5.80. The molecule has 0 aliphatic carbocycles. The number of nitrogens with zero attached hydrogens (tertiary/aromatic N) is 1. The normalized spacial score (nSPS) is 12.0. The van der Waals surface area contributed by atoms with Gasteiger partial charge in [0.25, 0.3) is 0 Å². The molecule has 1 aromatic rings. The van der Waals surface area contributed by atoms with Crippen LogP contribution in [0.1, 0.15) is 11.6 Å². The molecule has 1 unspecified atom stereocenters. The van der Waals surface area contributed by atoms with Crippen LogP contribution in [0, 0.1) is 0 Å². The number of hydrogen-bond donors (Lipinski definition) is 3. The second-order valence-corrected chi connectivity index (χ2v) is 4.80. The van der Waals surface area contributed by atoms with Crippen molar-refractivity contribution in [1.82, 2.24) is 15.5 Å². The number of ether oxygens (including phenoxy) is 1. The van der Waals surface area contributed by atoms with Gasteiger partial charge < -0.3 is 20.7 Å². The van der Waals surface area contributed by atoms with Gasteiger partial charge in [-0.15, -0.1) is 0 Å². The van der Waals surface area contributed by atoms with Gasteiger partial charge in [-0.2, -0.15) is 0 Å². The van der Waals surface area contributed by atoms with Crippen LogP contribution < -0.4 is 21.1 Å². The van der Waals surface area contributed by atoms with Crippen LogP contribution >= 0.6 is 0 Å². The number of nitrogens with two attached hydrogens (primary N) is 1. The molecule has 7 heteroatoms. The molecule has 0 bridgehead atoms. The number of carbonyl (C=O) groups excluding carboxylic acids is 2. The van der Waals surface area contributed by atoms with Gasteiger partial charge in [-0.05, 0) is 31.8 Å². The topological polar surface area (TPSA) is 96.7 Å². The van der Waals surface area contributed by atoms with Gasteiger partial charge in [0.15, 0.2) is 0 Å². The molecule has 0 heterocycles. The zero-order chi connectivity index (χ0) is 15.8. The lowest BCUT2D eigenvalue weighted by atomic mass is 10.1. The highest BCUT2D eigenvalue weighted by Crippen LogP contribution is 2.21. The van der Waals surface area contributed by atoms with Crippen molar-refractivity contribution in [3.63, 3.8) is 0 Å². The molecule has 116 valence electrons. The van der Waals surface area contributed by atoms with E-state index < -0.39 is 11.9 Å². The van der Waals surface area contributed by atoms with Gasteiger partial charge in [0.05, 0.1) is 13.7 Å². The molecule has 7 nitrogen and oxygen atoms in total. The largest absolute Gasteiger partial charge is 0.497 e. The number of likely N-dealkylation sites (N-methyl/N-ethyl adjacent to an activating group) is 1. The maximum atomic E-state index is 11.3. The lowest BCUT2D eigenvalue weighted by Crippen LogP contribution is -2.42. The highest BCUT2D eigenvalue weighted by atomic mass is 16.5. The smallest absolute Gasteiger partial charge is 0.318 e. The van der Waals surface area contributed by atoms with Crippen molar-refractivity contribution in [2.24, 2.45) is 5.73 Å². The fourth-order valence-electron chi connectivity index (χ4n) is 1.95. The molecular weight excluding hydrogens is 272 g/mol. The Morgan fingerprint density at radius 1 is 1.38 bits per heavy atom. The van der Waals surface area contributed by atoms with Gasteiger partial charge in [-0.25, -0.2) is 4.79 Å². The third-order valence-electron chi connectivity index (χ3n) is 2.99. The second-order valence-electron chi connectivity index (χ2n) is 4.80. The van der Waals surface area contributed by atoms with Crippen molar-refractivity contribution in [2.75, 3.05) is 34.3 Å². The van der Waals surface area contributed by atoms with Gasteiger partial charge in [0.1, 0.15) is 5.75 Å². The van der Waals surface area contributed by atoms with E-state index in [2.05, 4.69) is 5.32 Å². The van der Waals surface area contributed by atoms with Gasteiger partial charge in [0, 0.05) is 12.6 Å². The zero-order valence-corrected chi connectivity index (χ0v) is 12.6. The number of urea groups is 1. The van der Waals surface area contributed by atoms with Crippen LogP contribution in [-0.4, -0.2) is 51.1 Å². The van der Waals surface area contributed by atoms with Crippen LogP contribution in [0.15, 0.2) is 24.3 Å². The van der Waals surface area contributed by atoms with Crippen molar-refractivity contribution in [1.29, 1.82) is 0 Å². The second kappa shape index (κ2) is 8.23. The molecular formula is C14H22N4O3. The summed E-state index contributed by atoms with van der Waals surface area (Å²) in [5, 5.41) is 5.01. The van der Waals surface area contributed by atoms with Crippen molar-refractivity contribution in [3.05, 3.63) is 29.8 Å². The zero-order valence-electron chi connectivity index (χ0n) is 12.6. The maximum Gasteiger partial charge on any atom is 0.318 e. The Balaban J connectivity index is 2.62. The van der Waals surface area contributed by atoms with Gasteiger partial charge in [0.2, 0.25) is 5.91 Å². The fraction of sp³-hybridized carbons (Fsp3) is 0.429. The van der Waals surface area contributed by atoms with E-state index in [-0.39, 0.29) is 12.6 Å². The van der Waals surface area contributed by atoms with Gasteiger partial charge in [-0.1, -0.05) is 12.1 Å². The molecule has 0 aliphatic heterocycles. The van der Waals surface area contributed by atoms with Crippen molar-refractivity contribution in [3.8, 4) is 5.75 Å². The van der Waals surface area contributed by atoms with Crippen LogP contribution in [0.25, 0.3) is 0 Å². The Labute approximate surface area is 124 Å². The van der Waals surface area contributed by atoms with E-state index in [9.17, 15) is 9.59 Å². The summed E-state index contributed by atoms with van der Waals surface area (Å²) in [5.74, 6) is 0.330. The molecule has 3 amide bonds. The summed E-state index contributed by atoms with van der Waals surface area (Å²) in [5.41, 5.74) is 5.95. The minimum atomic E-state index is -0.848. The molecule has 0 aliphatic rings. The number of hydrogen-bond acceptors (Lipinski definition) is 5. The van der Waals surface area contributed by atoms with E-state index in [0.29, 0.717) is 6.54 Å². The van der Waals surface area contributed by atoms with Crippen LogP contribution in [0.2, 0.25) is 0 Å². The quantitative estimate of drug-likeness (QED) is 0.662. The Hall–Kier alpha value is -2.12. The summed E-state index contributed by atoms with van der Waals surface area (Å²) in [6.45, 7) is 0.573. The highest BCUT2D eigenvalue weighted by Gasteiger charge is 2.15. The van der Waals surface area contributed by atoms with E-state index in [4.69, 9.17) is 10.5 Å². The first-order valence-electron chi connectivity index (χ1n) is 6.54. The van der Waals surface area contributed by atoms with E-state index in [1.54, 1.807) is 7.11 Å². The first-order valence-corrected chi connectivity index (χ1v) is 6.54. The summed E-state index contributed by atoms with van der Waals surface area (Å²) in [4.78, 5) is 23.9. The molecule has 1 aromatic carbocycles. The lowest BCUT2D eigenvalue weighted by molar-refractivity contribution is -0.119. The maximum absolute atomic E-state index is 11.3. The minimum absolute atomic E-state index is 0.0250. The summed E-state index contributed by atoms with van der Waals surface area (Å²) < 4.78 is 5.22. The van der Waals surface area contributed by atoms with Crippen LogP contribution in [0.4, 0.5) is 4.79 Å². The standard InChI is InChI=1S/C14H22N4O3/c1-18(2)12(8-16-9-13(19)17-14(15)20)10-5-4-6-11(7-10)21-3/h4-7,12,16H,8-9H2,1-3H3,(H3,15,17,19,20). The average molecular weight is 294 g/mol. The Bertz CT molecular complexity index is 491. The predicted octanol–water partition coefficient (Wildman–Crippen LogP) is 0.0824. The number of carbonyl (C=O) groups is 2. The number of nitrogens with one attached hydrogen (secondary N) is 2. The number of primary amides is 1. The third-order valence-corrected chi connectivity index (χ3v) is 2.99. The molecule has 4 N–H and O–H groups in total. The summed E-state index contributed by atoms with van der Waals surface area (Å²) >= 11 is 0. The minimum Gasteiger partial charge on any atom is -0.497 e. The van der Waals surface area contributed by atoms with E-state index in [1.807, 2.05) is 48.6 Å². The molecule has 0 spiro atoms. The number of benzene rings is 1. The molecule has 1 atom stereocenters. The van der Waals surface area contributed by atoms with Crippen LogP contribution in [0.5, 0.6) is 5.75 Å². The SMILES string of the molecule is COc1cccc(C(CNCC(=O)NC(N)=O)N(C)C)c1. The van der Waals surface area contributed by atoms with Crippen molar-refractivity contribution < 1.29 is 14.3 Å². The lowest BCUT2D eigenvalue weighted by Gasteiger charge is -2.25. The fourth-order valence-corrected chi connectivity index (χ4v) is 1.95. The molecule has 0 aromatic heterocycles. The monoisotopic (exact) mass is 294 g/mol. The molecule has 0 radical (unpaired) electrons. The Morgan fingerprint density at radius 3 is 2.67 bits per heavy atom. The Morgan fingerprint density at radius 2 is 2.10 bits per heavy atom. The van der Waals surface area contributed by atoms with Crippen molar-refractivity contribution >= 4 is 11.9 Å². The number of imide groups is 1. The van der Waals surface area contributed by atoms with Gasteiger partial charge >= 0.3 is 6.03 Å². The van der Waals surface area contributed by atoms with E-state index in [1.165, 1.54) is 0 Å².